The van der Waals surface area contributed by atoms with Crippen LogP contribution in [0.1, 0.15) is 34.7 Å². The van der Waals surface area contributed by atoms with Crippen molar-refractivity contribution in [2.24, 2.45) is 0 Å². The fraction of sp³-hybridized carbons (Fsp3) is 0.450. The van der Waals surface area contributed by atoms with Crippen LogP contribution in [0.5, 0.6) is 17.2 Å². The highest BCUT2D eigenvalue weighted by molar-refractivity contribution is 5.94. The summed E-state index contributed by atoms with van der Waals surface area (Å²) in [7, 11) is 4.63. The number of hydrogen-bond donors (Lipinski definition) is 0. The van der Waals surface area contributed by atoms with Gasteiger partial charge in [-0.05, 0) is 37.5 Å². The van der Waals surface area contributed by atoms with Crippen molar-refractivity contribution in [3.63, 3.8) is 0 Å². The number of aryl methyl sites for hydroxylation is 2. The van der Waals surface area contributed by atoms with E-state index in [0.29, 0.717) is 42.5 Å². The number of methoxy groups -OCH3 is 3. The van der Waals surface area contributed by atoms with E-state index in [4.69, 9.17) is 18.7 Å². The van der Waals surface area contributed by atoms with Crippen molar-refractivity contribution in [3.05, 3.63) is 35.2 Å². The average molecular weight is 403 g/mol. The number of hydrazine groups is 1. The second-order valence-electron chi connectivity index (χ2n) is 6.66. The molecule has 2 amide bonds. The zero-order valence-corrected chi connectivity index (χ0v) is 17.1. The number of ether oxygens (including phenoxy) is 3. The summed E-state index contributed by atoms with van der Waals surface area (Å²) in [6.45, 7) is 2.69. The number of nitrogens with zero attached hydrogens (tertiary/aromatic N) is 3. The van der Waals surface area contributed by atoms with Crippen LogP contribution in [0, 0.1) is 6.92 Å². The lowest BCUT2D eigenvalue weighted by Crippen LogP contribution is -2.45. The van der Waals surface area contributed by atoms with Crippen molar-refractivity contribution in [2.75, 3.05) is 34.4 Å². The molecule has 0 N–H and O–H groups in total. The average Bonchev–Trinajstić information content (AvgIpc) is 3.39. The summed E-state index contributed by atoms with van der Waals surface area (Å²) in [5, 5.41) is 6.69. The Bertz CT molecular complexity index is 869. The van der Waals surface area contributed by atoms with Crippen LogP contribution in [0.2, 0.25) is 0 Å². The molecule has 0 unspecified atom stereocenters. The van der Waals surface area contributed by atoms with E-state index in [1.54, 1.807) is 34.3 Å². The molecule has 9 heteroatoms. The monoisotopic (exact) mass is 403 g/mol. The molecule has 0 spiro atoms. The quantitative estimate of drug-likeness (QED) is 0.700. The van der Waals surface area contributed by atoms with Gasteiger partial charge in [0, 0.05) is 25.6 Å². The van der Waals surface area contributed by atoms with Crippen LogP contribution in [0.3, 0.4) is 0 Å². The number of hydrogen-bond acceptors (Lipinski definition) is 7. The van der Waals surface area contributed by atoms with Gasteiger partial charge in [0.2, 0.25) is 11.7 Å². The Kier molecular flexibility index (Phi) is 6.26. The zero-order chi connectivity index (χ0) is 21.0. The van der Waals surface area contributed by atoms with Crippen molar-refractivity contribution >= 4 is 11.8 Å². The minimum absolute atomic E-state index is 0.134. The lowest BCUT2D eigenvalue weighted by molar-refractivity contribution is -0.140. The summed E-state index contributed by atoms with van der Waals surface area (Å²) in [5.41, 5.74) is 1.07. The number of carbonyl (C=O) groups is 2. The number of aromatic nitrogens is 1. The van der Waals surface area contributed by atoms with Gasteiger partial charge < -0.3 is 18.7 Å². The predicted octanol–water partition coefficient (Wildman–Crippen LogP) is 2.23. The maximum absolute atomic E-state index is 12.8. The van der Waals surface area contributed by atoms with E-state index in [1.807, 2.05) is 12.1 Å². The maximum Gasteiger partial charge on any atom is 0.294 e. The molecule has 29 heavy (non-hydrogen) atoms. The smallest absolute Gasteiger partial charge is 0.294 e. The van der Waals surface area contributed by atoms with Gasteiger partial charge in [0.25, 0.3) is 5.91 Å². The fourth-order valence-corrected chi connectivity index (χ4v) is 3.34. The van der Waals surface area contributed by atoms with Gasteiger partial charge in [-0.1, -0.05) is 5.16 Å². The summed E-state index contributed by atoms with van der Waals surface area (Å²) in [6, 6.07) is 5.21. The van der Waals surface area contributed by atoms with Gasteiger partial charge in [0.15, 0.2) is 17.2 Å². The van der Waals surface area contributed by atoms with E-state index in [1.165, 1.54) is 10.0 Å². The van der Waals surface area contributed by atoms with E-state index in [9.17, 15) is 9.59 Å². The number of rotatable bonds is 7. The lowest BCUT2D eigenvalue weighted by atomic mass is 10.1. The summed E-state index contributed by atoms with van der Waals surface area (Å²) < 4.78 is 21.0. The minimum Gasteiger partial charge on any atom is -0.493 e. The third kappa shape index (κ3) is 4.28. The Morgan fingerprint density at radius 2 is 1.69 bits per heavy atom. The molecule has 2 heterocycles. The van der Waals surface area contributed by atoms with Gasteiger partial charge in [0.05, 0.1) is 21.3 Å². The Balaban J connectivity index is 1.69. The summed E-state index contributed by atoms with van der Waals surface area (Å²) in [4.78, 5) is 25.5. The SMILES string of the molecule is COc1cc(CCC(=O)N2CCCN2C(=O)c2cc(C)on2)cc(OC)c1OC. The van der Waals surface area contributed by atoms with Gasteiger partial charge in [0.1, 0.15) is 5.76 Å². The zero-order valence-electron chi connectivity index (χ0n) is 17.1. The first kappa shape index (κ1) is 20.5. The molecule has 1 saturated heterocycles. The Morgan fingerprint density at radius 1 is 1.03 bits per heavy atom. The predicted molar refractivity (Wildman–Crippen MR) is 103 cm³/mol. The van der Waals surface area contributed by atoms with E-state index < -0.39 is 0 Å². The molecule has 0 radical (unpaired) electrons. The van der Waals surface area contributed by atoms with Crippen LogP contribution in [0.15, 0.2) is 22.7 Å². The highest BCUT2D eigenvalue weighted by atomic mass is 16.5. The topological polar surface area (TPSA) is 94.3 Å². The van der Waals surface area contributed by atoms with E-state index in [-0.39, 0.29) is 23.9 Å². The Hall–Kier alpha value is -3.23. The van der Waals surface area contributed by atoms with Crippen molar-refractivity contribution in [2.45, 2.75) is 26.2 Å². The third-order valence-electron chi connectivity index (χ3n) is 4.75. The van der Waals surface area contributed by atoms with Crippen molar-refractivity contribution < 1.29 is 28.3 Å². The first-order valence-corrected chi connectivity index (χ1v) is 9.32. The summed E-state index contributed by atoms with van der Waals surface area (Å²) in [6.07, 6.45) is 1.43. The highest BCUT2D eigenvalue weighted by Crippen LogP contribution is 2.38. The van der Waals surface area contributed by atoms with Gasteiger partial charge in [-0.2, -0.15) is 0 Å². The second-order valence-corrected chi connectivity index (χ2v) is 6.66. The molecule has 1 fully saturated rings. The summed E-state index contributed by atoms with van der Waals surface area (Å²) >= 11 is 0. The van der Waals surface area contributed by atoms with Crippen molar-refractivity contribution in [1.29, 1.82) is 0 Å². The molecule has 2 aromatic rings. The van der Waals surface area contributed by atoms with Crippen LogP contribution in [0.25, 0.3) is 0 Å². The number of benzene rings is 1. The minimum atomic E-state index is -0.333. The highest BCUT2D eigenvalue weighted by Gasteiger charge is 2.32. The standard InChI is InChI=1S/C20H25N3O6/c1-13-10-15(21-29-13)20(25)23-9-5-8-22(23)18(24)7-6-14-11-16(26-2)19(28-4)17(12-14)27-3/h10-12H,5-9H2,1-4H3. The largest absolute Gasteiger partial charge is 0.493 e. The molecule has 1 aromatic heterocycles. The number of carbonyl (C=O) groups excluding carboxylic acids is 2. The summed E-state index contributed by atoms with van der Waals surface area (Å²) in [5.74, 6) is 1.66. The van der Waals surface area contributed by atoms with E-state index in [2.05, 4.69) is 5.16 Å². The first-order chi connectivity index (χ1) is 14.0. The fourth-order valence-electron chi connectivity index (χ4n) is 3.34. The molecule has 0 atom stereocenters. The van der Waals surface area contributed by atoms with Crippen LogP contribution in [-0.4, -0.2) is 61.4 Å². The normalized spacial score (nSPS) is 13.5. The maximum atomic E-state index is 12.8. The lowest BCUT2D eigenvalue weighted by Gasteiger charge is -2.27. The van der Waals surface area contributed by atoms with Gasteiger partial charge in [-0.3, -0.25) is 14.6 Å². The van der Waals surface area contributed by atoms with Crippen LogP contribution < -0.4 is 14.2 Å². The molecular formula is C20H25N3O6. The van der Waals surface area contributed by atoms with Crippen molar-refractivity contribution in [1.82, 2.24) is 15.2 Å². The number of amides is 2. The molecule has 0 bridgehead atoms. The molecule has 9 nitrogen and oxygen atoms in total. The van der Waals surface area contributed by atoms with Gasteiger partial charge >= 0.3 is 0 Å². The van der Waals surface area contributed by atoms with Crippen molar-refractivity contribution in [3.8, 4) is 17.2 Å². The second kappa shape index (κ2) is 8.85. The van der Waals surface area contributed by atoms with Crippen LogP contribution in [0.4, 0.5) is 0 Å². The van der Waals surface area contributed by atoms with Gasteiger partial charge in [-0.15, -0.1) is 0 Å². The molecular weight excluding hydrogens is 378 g/mol. The van der Waals surface area contributed by atoms with Gasteiger partial charge in [-0.25, -0.2) is 5.01 Å². The molecule has 0 aliphatic carbocycles. The molecule has 1 aliphatic heterocycles. The molecule has 156 valence electrons. The van der Waals surface area contributed by atoms with Crippen LogP contribution >= 0.6 is 0 Å². The molecule has 1 aliphatic rings. The molecule has 3 rings (SSSR count). The first-order valence-electron chi connectivity index (χ1n) is 9.32. The Labute approximate surface area is 169 Å². The molecule has 0 saturated carbocycles. The Morgan fingerprint density at radius 3 is 2.24 bits per heavy atom. The van der Waals surface area contributed by atoms with E-state index >= 15 is 0 Å². The van der Waals surface area contributed by atoms with E-state index in [0.717, 1.165) is 12.0 Å². The third-order valence-corrected chi connectivity index (χ3v) is 4.75. The molecule has 1 aromatic carbocycles. The van der Waals surface area contributed by atoms with Crippen LogP contribution in [-0.2, 0) is 11.2 Å².